The van der Waals surface area contributed by atoms with Gasteiger partial charge in [-0.15, -0.1) is 0 Å². The number of hydrogen-bond donors (Lipinski definition) is 0. The highest BCUT2D eigenvalue weighted by Gasteiger charge is 2.23. The van der Waals surface area contributed by atoms with E-state index in [1.807, 2.05) is 0 Å². The number of furan rings is 1. The molecule has 0 aliphatic carbocycles. The minimum absolute atomic E-state index is 0.0415. The van der Waals surface area contributed by atoms with E-state index in [0.29, 0.717) is 11.3 Å². The van der Waals surface area contributed by atoms with Crippen molar-refractivity contribution in [3.05, 3.63) is 55.4 Å². The van der Waals surface area contributed by atoms with Crippen LogP contribution in [0, 0.1) is 6.92 Å². The molecule has 0 aliphatic heterocycles. The van der Waals surface area contributed by atoms with Gasteiger partial charge in [0.2, 0.25) is 0 Å². The molecule has 0 atom stereocenters. The first-order valence-electron chi connectivity index (χ1n) is 4.85. The van der Waals surface area contributed by atoms with Gasteiger partial charge in [-0.25, -0.2) is 0 Å². The first-order valence-corrected chi connectivity index (χ1v) is 6.36. The molecule has 0 bridgehead atoms. The Morgan fingerprint density at radius 2 is 1.78 bits per heavy atom. The smallest absolute Gasteiger partial charge is 0.199 e. The van der Waals surface area contributed by atoms with E-state index in [0.717, 1.165) is 0 Å². The van der Waals surface area contributed by atoms with Gasteiger partial charge in [0.25, 0.3) is 0 Å². The number of ketones is 1. The van der Waals surface area contributed by atoms with Crippen LogP contribution in [0.3, 0.4) is 0 Å². The standard InChI is InChI=1S/C12H6Cl4O2/c1-5-6(2-3-18-5)12(17)9-7(13)4-8(14)10(15)11(9)16/h2-4H,1H3. The molecule has 0 unspecified atom stereocenters. The van der Waals surface area contributed by atoms with Crippen LogP contribution in [-0.4, -0.2) is 5.78 Å². The molecule has 1 aromatic carbocycles. The Hall–Kier alpha value is -0.670. The summed E-state index contributed by atoms with van der Waals surface area (Å²) in [6.07, 6.45) is 1.42. The predicted molar refractivity (Wildman–Crippen MR) is 73.4 cm³/mol. The van der Waals surface area contributed by atoms with E-state index in [2.05, 4.69) is 0 Å². The third-order valence-corrected chi connectivity index (χ3v) is 4.00. The number of benzene rings is 1. The Balaban J connectivity index is 2.63. The fraction of sp³-hybridized carbons (Fsp3) is 0.0833. The Kier molecular flexibility index (Phi) is 3.93. The fourth-order valence-corrected chi connectivity index (χ4v) is 2.61. The van der Waals surface area contributed by atoms with Gasteiger partial charge in [-0.05, 0) is 19.1 Å². The molecule has 18 heavy (non-hydrogen) atoms. The van der Waals surface area contributed by atoms with Gasteiger partial charge in [-0.1, -0.05) is 46.4 Å². The molecular weight excluding hydrogens is 318 g/mol. The molecule has 0 amide bonds. The van der Waals surface area contributed by atoms with Crippen LogP contribution in [0.1, 0.15) is 21.7 Å². The second kappa shape index (κ2) is 5.14. The van der Waals surface area contributed by atoms with Crippen molar-refractivity contribution >= 4 is 52.2 Å². The van der Waals surface area contributed by atoms with Gasteiger partial charge in [0, 0.05) is 0 Å². The van der Waals surface area contributed by atoms with E-state index in [9.17, 15) is 4.79 Å². The molecule has 0 aliphatic rings. The third-order valence-electron chi connectivity index (χ3n) is 2.44. The van der Waals surface area contributed by atoms with Gasteiger partial charge in [0.15, 0.2) is 5.78 Å². The number of carbonyl (C=O) groups is 1. The topological polar surface area (TPSA) is 30.2 Å². The third kappa shape index (κ3) is 2.26. The van der Waals surface area contributed by atoms with Crippen LogP contribution in [0.5, 0.6) is 0 Å². The molecule has 2 aromatic rings. The Bertz CT molecular complexity index is 631. The van der Waals surface area contributed by atoms with E-state index in [1.165, 1.54) is 12.3 Å². The molecule has 1 heterocycles. The van der Waals surface area contributed by atoms with E-state index in [1.54, 1.807) is 13.0 Å². The summed E-state index contributed by atoms with van der Waals surface area (Å²) in [6, 6.07) is 2.94. The monoisotopic (exact) mass is 322 g/mol. The van der Waals surface area contributed by atoms with Crippen molar-refractivity contribution in [2.45, 2.75) is 6.92 Å². The number of aryl methyl sites for hydroxylation is 1. The van der Waals surface area contributed by atoms with E-state index < -0.39 is 0 Å². The maximum atomic E-state index is 12.3. The van der Waals surface area contributed by atoms with Crippen molar-refractivity contribution < 1.29 is 9.21 Å². The van der Waals surface area contributed by atoms with Gasteiger partial charge >= 0.3 is 0 Å². The Labute approximate surface area is 123 Å². The van der Waals surface area contributed by atoms with Crippen molar-refractivity contribution in [2.75, 3.05) is 0 Å². The quantitative estimate of drug-likeness (QED) is 0.419. The molecule has 94 valence electrons. The van der Waals surface area contributed by atoms with Crippen molar-refractivity contribution in [3.8, 4) is 0 Å². The summed E-state index contributed by atoms with van der Waals surface area (Å²) in [5.74, 6) is 0.132. The minimum atomic E-state index is -0.352. The molecule has 0 radical (unpaired) electrons. The zero-order valence-corrected chi connectivity index (χ0v) is 12.1. The van der Waals surface area contributed by atoms with Gasteiger partial charge < -0.3 is 4.42 Å². The number of hydrogen-bond acceptors (Lipinski definition) is 2. The second-order valence-corrected chi connectivity index (χ2v) is 5.13. The summed E-state index contributed by atoms with van der Waals surface area (Å²) in [5.41, 5.74) is 0.509. The molecule has 0 N–H and O–H groups in total. The SMILES string of the molecule is Cc1occc1C(=O)c1c(Cl)cc(Cl)c(Cl)c1Cl. The largest absolute Gasteiger partial charge is 0.469 e. The summed E-state index contributed by atoms with van der Waals surface area (Å²) in [7, 11) is 0. The van der Waals surface area contributed by atoms with E-state index >= 15 is 0 Å². The number of halogens is 4. The summed E-state index contributed by atoms with van der Waals surface area (Å²) in [5, 5.41) is 0.499. The maximum Gasteiger partial charge on any atom is 0.199 e. The van der Waals surface area contributed by atoms with Gasteiger partial charge in [-0.3, -0.25) is 4.79 Å². The zero-order chi connectivity index (χ0) is 13.4. The first kappa shape index (κ1) is 13.8. The van der Waals surface area contributed by atoms with Crippen molar-refractivity contribution in [2.24, 2.45) is 0 Å². The first-order chi connectivity index (χ1) is 8.43. The average molecular weight is 324 g/mol. The molecule has 0 spiro atoms. The molecule has 2 rings (SSSR count). The second-order valence-electron chi connectivity index (χ2n) is 3.56. The van der Waals surface area contributed by atoms with Crippen LogP contribution in [0.2, 0.25) is 20.1 Å². The van der Waals surface area contributed by atoms with E-state index in [-0.39, 0.29) is 31.4 Å². The van der Waals surface area contributed by atoms with Crippen molar-refractivity contribution in [1.29, 1.82) is 0 Å². The Morgan fingerprint density at radius 1 is 1.11 bits per heavy atom. The van der Waals surface area contributed by atoms with Crippen molar-refractivity contribution in [1.82, 2.24) is 0 Å². The van der Waals surface area contributed by atoms with Gasteiger partial charge in [0.05, 0.1) is 37.5 Å². The highest BCUT2D eigenvalue weighted by atomic mass is 35.5. The molecular formula is C12H6Cl4O2. The van der Waals surface area contributed by atoms with Crippen LogP contribution in [0.4, 0.5) is 0 Å². The van der Waals surface area contributed by atoms with Crippen LogP contribution in [0.25, 0.3) is 0 Å². The summed E-state index contributed by atoms with van der Waals surface area (Å²) in [6.45, 7) is 1.67. The predicted octanol–water partition coefficient (Wildman–Crippen LogP) is 5.43. The van der Waals surface area contributed by atoms with Crippen LogP contribution >= 0.6 is 46.4 Å². The number of rotatable bonds is 2. The normalized spacial score (nSPS) is 10.7. The average Bonchev–Trinajstić information content (AvgIpc) is 2.72. The van der Waals surface area contributed by atoms with Gasteiger partial charge in [-0.2, -0.15) is 0 Å². The van der Waals surface area contributed by atoms with E-state index in [4.69, 9.17) is 50.8 Å². The maximum absolute atomic E-state index is 12.3. The lowest BCUT2D eigenvalue weighted by atomic mass is 10.0. The lowest BCUT2D eigenvalue weighted by molar-refractivity contribution is 0.103. The summed E-state index contributed by atoms with van der Waals surface area (Å²) in [4.78, 5) is 12.3. The molecule has 1 aromatic heterocycles. The van der Waals surface area contributed by atoms with Crippen molar-refractivity contribution in [3.63, 3.8) is 0 Å². The fourth-order valence-electron chi connectivity index (χ4n) is 1.53. The molecule has 2 nitrogen and oxygen atoms in total. The minimum Gasteiger partial charge on any atom is -0.469 e. The zero-order valence-electron chi connectivity index (χ0n) is 9.06. The molecule has 0 saturated carbocycles. The number of carbonyl (C=O) groups excluding carboxylic acids is 1. The summed E-state index contributed by atoms with van der Waals surface area (Å²) >= 11 is 23.7. The van der Waals surface area contributed by atoms with Gasteiger partial charge in [0.1, 0.15) is 5.76 Å². The lowest BCUT2D eigenvalue weighted by Gasteiger charge is -2.08. The van der Waals surface area contributed by atoms with Crippen LogP contribution in [0.15, 0.2) is 22.8 Å². The lowest BCUT2D eigenvalue weighted by Crippen LogP contribution is -2.04. The van der Waals surface area contributed by atoms with Crippen LogP contribution in [-0.2, 0) is 0 Å². The highest BCUT2D eigenvalue weighted by Crippen LogP contribution is 2.38. The molecule has 0 saturated heterocycles. The summed E-state index contributed by atoms with van der Waals surface area (Å²) < 4.78 is 5.07. The highest BCUT2D eigenvalue weighted by molar-refractivity contribution is 6.51. The van der Waals surface area contributed by atoms with Crippen LogP contribution < -0.4 is 0 Å². The Morgan fingerprint density at radius 3 is 2.33 bits per heavy atom. The molecule has 6 heteroatoms. The molecule has 0 fully saturated rings.